The number of carbonyl (C=O) groups is 2. The molecule has 9 heteroatoms. The van der Waals surface area contributed by atoms with Gasteiger partial charge in [0.05, 0.1) is 29.7 Å². The van der Waals surface area contributed by atoms with E-state index in [9.17, 15) is 18.0 Å². The number of nitrogens with zero attached hydrogens (tertiary/aromatic N) is 3. The fraction of sp³-hybridized carbons (Fsp3) is 0.913. The van der Waals surface area contributed by atoms with Gasteiger partial charge in [-0.15, -0.1) is 0 Å². The second kappa shape index (κ2) is 9.87. The standard InChI is InChI=1S/C23H41N3O5S/c1-7-18(12-24(6)20-13-32(29,30)14-20)19-8-9-21-22(10-19)25(23(28)31-15(2)3)11-16(4)26(21)17(5)27/h15-16,18-22H,7-14H2,1-6H3/t16-,18?,19?,21?,22?/m0/s1. The molecule has 0 bridgehead atoms. The summed E-state index contributed by atoms with van der Waals surface area (Å²) in [6.07, 6.45) is 3.29. The molecule has 0 aromatic heterocycles. The van der Waals surface area contributed by atoms with Gasteiger partial charge < -0.3 is 19.4 Å². The molecule has 2 heterocycles. The number of rotatable bonds is 6. The van der Waals surface area contributed by atoms with E-state index >= 15 is 0 Å². The first kappa shape index (κ1) is 25.3. The summed E-state index contributed by atoms with van der Waals surface area (Å²) in [4.78, 5) is 31.4. The van der Waals surface area contributed by atoms with Crippen molar-refractivity contribution in [1.29, 1.82) is 0 Å². The summed E-state index contributed by atoms with van der Waals surface area (Å²) in [5, 5.41) is 0. The lowest BCUT2D eigenvalue weighted by Crippen LogP contribution is -2.67. The average Bonchev–Trinajstić information content (AvgIpc) is 2.68. The minimum atomic E-state index is -2.84. The minimum Gasteiger partial charge on any atom is -0.447 e. The van der Waals surface area contributed by atoms with Crippen molar-refractivity contribution in [1.82, 2.24) is 14.7 Å². The quantitative estimate of drug-likeness (QED) is 0.591. The van der Waals surface area contributed by atoms with Gasteiger partial charge in [0.1, 0.15) is 0 Å². The molecule has 0 aromatic rings. The molecule has 0 N–H and O–H groups in total. The molecule has 2 amide bonds. The first-order chi connectivity index (χ1) is 14.9. The van der Waals surface area contributed by atoms with Gasteiger partial charge in [-0.25, -0.2) is 13.2 Å². The smallest absolute Gasteiger partial charge is 0.410 e. The highest BCUT2D eigenvalue weighted by atomic mass is 32.2. The molecule has 5 atom stereocenters. The largest absolute Gasteiger partial charge is 0.447 e. The van der Waals surface area contributed by atoms with Crippen LogP contribution in [-0.4, -0.2) is 97.0 Å². The van der Waals surface area contributed by atoms with Gasteiger partial charge in [-0.2, -0.15) is 0 Å². The Labute approximate surface area is 193 Å². The third kappa shape index (κ3) is 5.41. The molecule has 3 rings (SSSR count). The van der Waals surface area contributed by atoms with Gasteiger partial charge in [-0.05, 0) is 58.9 Å². The lowest BCUT2D eigenvalue weighted by molar-refractivity contribution is -0.142. The summed E-state index contributed by atoms with van der Waals surface area (Å²) < 4.78 is 28.8. The van der Waals surface area contributed by atoms with E-state index in [2.05, 4.69) is 11.8 Å². The minimum absolute atomic E-state index is 0.0271. The number of fused-ring (bicyclic) bond motifs is 1. The number of carbonyl (C=O) groups excluding carboxylic acids is 2. The molecule has 8 nitrogen and oxygen atoms in total. The zero-order valence-corrected chi connectivity index (χ0v) is 21.3. The first-order valence-corrected chi connectivity index (χ1v) is 13.9. The van der Waals surface area contributed by atoms with Gasteiger partial charge in [0.2, 0.25) is 5.91 Å². The summed E-state index contributed by atoms with van der Waals surface area (Å²) in [7, 11) is -0.815. The Bertz CT molecular complexity index is 789. The number of hydrogen-bond donors (Lipinski definition) is 0. The predicted molar refractivity (Wildman–Crippen MR) is 124 cm³/mol. The van der Waals surface area contributed by atoms with E-state index in [0.717, 1.165) is 32.2 Å². The Balaban J connectivity index is 1.74. The number of piperazine rings is 1. The maximum absolute atomic E-state index is 12.9. The maximum atomic E-state index is 12.9. The van der Waals surface area contributed by atoms with E-state index in [1.807, 2.05) is 37.6 Å². The number of ether oxygens (including phenoxy) is 1. The molecular weight excluding hydrogens is 430 g/mol. The van der Waals surface area contributed by atoms with Gasteiger partial charge in [0.15, 0.2) is 9.84 Å². The molecule has 1 saturated carbocycles. The molecule has 3 aliphatic rings. The van der Waals surface area contributed by atoms with E-state index in [1.54, 1.807) is 6.92 Å². The normalized spacial score (nSPS) is 31.2. The highest BCUT2D eigenvalue weighted by Crippen LogP contribution is 2.40. The topological polar surface area (TPSA) is 87.2 Å². The van der Waals surface area contributed by atoms with Crippen molar-refractivity contribution in [2.75, 3.05) is 31.6 Å². The SMILES string of the molecule is CCC(CN(C)C1CS(=O)(=O)C1)C1CCC2C(C1)N(C(=O)OC(C)C)C[C@H](C)N2C(C)=O. The summed E-state index contributed by atoms with van der Waals surface area (Å²) in [6, 6.07) is 0.0769. The highest BCUT2D eigenvalue weighted by molar-refractivity contribution is 7.92. The van der Waals surface area contributed by atoms with Crippen LogP contribution in [0.3, 0.4) is 0 Å². The molecule has 32 heavy (non-hydrogen) atoms. The Morgan fingerprint density at radius 2 is 1.81 bits per heavy atom. The van der Waals surface area contributed by atoms with Gasteiger partial charge in [0.25, 0.3) is 0 Å². The zero-order valence-electron chi connectivity index (χ0n) is 20.5. The van der Waals surface area contributed by atoms with Gasteiger partial charge in [-0.3, -0.25) is 4.79 Å². The fourth-order valence-corrected chi connectivity index (χ4v) is 7.61. The molecule has 2 saturated heterocycles. The molecule has 1 aliphatic carbocycles. The van der Waals surface area contributed by atoms with Gasteiger partial charge >= 0.3 is 6.09 Å². The maximum Gasteiger partial charge on any atom is 0.410 e. The van der Waals surface area contributed by atoms with Crippen LogP contribution in [-0.2, 0) is 19.4 Å². The van der Waals surface area contributed by atoms with Crippen molar-refractivity contribution in [3.8, 4) is 0 Å². The Hall–Kier alpha value is -1.35. The Morgan fingerprint density at radius 1 is 1.16 bits per heavy atom. The van der Waals surface area contributed by atoms with Crippen molar-refractivity contribution >= 4 is 21.8 Å². The van der Waals surface area contributed by atoms with Crippen molar-refractivity contribution < 1.29 is 22.7 Å². The van der Waals surface area contributed by atoms with Crippen molar-refractivity contribution in [3.63, 3.8) is 0 Å². The van der Waals surface area contributed by atoms with Crippen LogP contribution in [0, 0.1) is 11.8 Å². The number of hydrogen-bond acceptors (Lipinski definition) is 6. The van der Waals surface area contributed by atoms with Crippen LogP contribution >= 0.6 is 0 Å². The van der Waals surface area contributed by atoms with Crippen LogP contribution in [0.15, 0.2) is 0 Å². The molecule has 2 aliphatic heterocycles. The van der Waals surface area contributed by atoms with E-state index in [0.29, 0.717) is 18.4 Å². The van der Waals surface area contributed by atoms with Crippen molar-refractivity contribution in [2.24, 2.45) is 11.8 Å². The third-order valence-corrected chi connectivity index (χ3v) is 9.46. The van der Waals surface area contributed by atoms with E-state index in [4.69, 9.17) is 4.74 Å². The number of sulfone groups is 1. The van der Waals surface area contributed by atoms with Crippen LogP contribution in [0.5, 0.6) is 0 Å². The van der Waals surface area contributed by atoms with E-state index < -0.39 is 9.84 Å². The third-order valence-electron chi connectivity index (χ3n) is 7.68. The van der Waals surface area contributed by atoms with Crippen molar-refractivity contribution in [2.45, 2.75) is 90.6 Å². The molecule has 0 aromatic carbocycles. The first-order valence-electron chi connectivity index (χ1n) is 12.1. The molecule has 0 radical (unpaired) electrons. The highest BCUT2D eigenvalue weighted by Gasteiger charge is 2.48. The van der Waals surface area contributed by atoms with Crippen molar-refractivity contribution in [3.05, 3.63) is 0 Å². The molecule has 0 spiro atoms. The number of amides is 2. The predicted octanol–water partition coefficient (Wildman–Crippen LogP) is 2.38. The Kier molecular flexibility index (Phi) is 7.80. The van der Waals surface area contributed by atoms with E-state index in [1.165, 1.54) is 0 Å². The van der Waals surface area contributed by atoms with Gasteiger partial charge in [-0.1, -0.05) is 13.3 Å². The van der Waals surface area contributed by atoms with Crippen LogP contribution in [0.4, 0.5) is 4.79 Å². The van der Waals surface area contributed by atoms with Crippen LogP contribution in [0.2, 0.25) is 0 Å². The lowest BCUT2D eigenvalue weighted by atomic mass is 9.72. The zero-order chi connectivity index (χ0) is 23.8. The van der Waals surface area contributed by atoms with Crippen LogP contribution < -0.4 is 0 Å². The second-order valence-corrected chi connectivity index (χ2v) is 12.6. The van der Waals surface area contributed by atoms with E-state index in [-0.39, 0.29) is 53.8 Å². The fourth-order valence-electron chi connectivity index (χ4n) is 6.03. The van der Waals surface area contributed by atoms with Gasteiger partial charge in [0, 0.05) is 32.1 Å². The lowest BCUT2D eigenvalue weighted by Gasteiger charge is -2.54. The molecular formula is C23H41N3O5S. The molecule has 3 fully saturated rings. The summed E-state index contributed by atoms with van der Waals surface area (Å²) in [5.74, 6) is 1.45. The second-order valence-electron chi connectivity index (χ2n) is 10.4. The average molecular weight is 472 g/mol. The van der Waals surface area contributed by atoms with Crippen LogP contribution in [0.25, 0.3) is 0 Å². The molecule has 184 valence electrons. The monoisotopic (exact) mass is 471 g/mol. The van der Waals surface area contributed by atoms with Crippen LogP contribution in [0.1, 0.15) is 60.3 Å². The summed E-state index contributed by atoms with van der Waals surface area (Å²) >= 11 is 0. The summed E-state index contributed by atoms with van der Waals surface area (Å²) in [5.41, 5.74) is 0. The Morgan fingerprint density at radius 3 is 2.34 bits per heavy atom. The summed E-state index contributed by atoms with van der Waals surface area (Å²) in [6.45, 7) is 10.9. The molecule has 4 unspecified atom stereocenters.